The predicted molar refractivity (Wildman–Crippen MR) is 114 cm³/mol. The van der Waals surface area contributed by atoms with Crippen LogP contribution in [-0.2, 0) is 14.3 Å². The van der Waals surface area contributed by atoms with Crippen LogP contribution in [0.5, 0.6) is 23.1 Å². The summed E-state index contributed by atoms with van der Waals surface area (Å²) in [5, 5.41) is 2.91. The van der Waals surface area contributed by atoms with Crippen molar-refractivity contribution < 1.29 is 28.5 Å². The summed E-state index contributed by atoms with van der Waals surface area (Å²) >= 11 is 6.12. The molecule has 0 aliphatic carbocycles. The molecule has 1 aromatic heterocycles. The van der Waals surface area contributed by atoms with Crippen LogP contribution in [0.4, 0.5) is 5.69 Å². The normalized spacial score (nSPS) is 10.1. The maximum Gasteiger partial charge on any atom is 0.343 e. The van der Waals surface area contributed by atoms with Crippen molar-refractivity contribution in [2.45, 2.75) is 0 Å². The van der Waals surface area contributed by atoms with Crippen LogP contribution in [0.3, 0.4) is 0 Å². The van der Waals surface area contributed by atoms with Crippen molar-refractivity contribution in [2.75, 3.05) is 25.6 Å². The summed E-state index contributed by atoms with van der Waals surface area (Å²) in [6.07, 6.45) is 1.63. The van der Waals surface area contributed by atoms with E-state index in [0.717, 1.165) is 0 Å². The standard InChI is InChI=1S/C22H19ClN2O6/c1-28-22(27)14-30-19-9-8-15(11-18(19)23)25-20(26)13-29-16-5-4-6-17(12-16)31-21-7-2-3-10-24-21/h2-12H,13-14H2,1H3,(H,25,26). The maximum absolute atomic E-state index is 12.2. The van der Waals surface area contributed by atoms with E-state index in [2.05, 4.69) is 15.0 Å². The molecule has 3 aromatic rings. The Morgan fingerprint density at radius 3 is 2.55 bits per heavy atom. The average molecular weight is 443 g/mol. The Morgan fingerprint density at radius 2 is 1.81 bits per heavy atom. The van der Waals surface area contributed by atoms with E-state index in [9.17, 15) is 9.59 Å². The fourth-order valence-corrected chi connectivity index (χ4v) is 2.63. The van der Waals surface area contributed by atoms with Gasteiger partial charge in [-0.3, -0.25) is 4.79 Å². The first-order chi connectivity index (χ1) is 15.0. The molecular weight excluding hydrogens is 424 g/mol. The number of methoxy groups -OCH3 is 1. The van der Waals surface area contributed by atoms with E-state index < -0.39 is 5.97 Å². The third-order valence-corrected chi connectivity index (χ3v) is 4.12. The van der Waals surface area contributed by atoms with E-state index in [1.54, 1.807) is 54.7 Å². The van der Waals surface area contributed by atoms with Gasteiger partial charge in [0.05, 0.1) is 12.1 Å². The number of hydrogen-bond acceptors (Lipinski definition) is 7. The second-order valence-corrected chi connectivity index (χ2v) is 6.50. The quantitative estimate of drug-likeness (QED) is 0.498. The van der Waals surface area contributed by atoms with E-state index in [0.29, 0.717) is 28.8 Å². The minimum Gasteiger partial charge on any atom is -0.484 e. The molecule has 0 radical (unpaired) electrons. The molecule has 31 heavy (non-hydrogen) atoms. The number of amides is 1. The number of rotatable bonds is 9. The van der Waals surface area contributed by atoms with Gasteiger partial charge in [-0.1, -0.05) is 23.7 Å². The lowest BCUT2D eigenvalue weighted by atomic mass is 10.3. The number of aromatic nitrogens is 1. The molecule has 0 unspecified atom stereocenters. The van der Waals surface area contributed by atoms with Crippen molar-refractivity contribution >= 4 is 29.2 Å². The Morgan fingerprint density at radius 1 is 0.968 bits per heavy atom. The minimum absolute atomic E-state index is 0.217. The Kier molecular flexibility index (Phi) is 7.67. The fraction of sp³-hybridized carbons (Fsp3) is 0.136. The van der Waals surface area contributed by atoms with E-state index in [1.807, 2.05) is 6.07 Å². The van der Waals surface area contributed by atoms with Crippen LogP contribution < -0.4 is 19.5 Å². The molecule has 0 fully saturated rings. The summed E-state index contributed by atoms with van der Waals surface area (Å²) in [5.41, 5.74) is 0.455. The van der Waals surface area contributed by atoms with Crippen LogP contribution in [0.25, 0.3) is 0 Å². The minimum atomic E-state index is -0.528. The highest BCUT2D eigenvalue weighted by molar-refractivity contribution is 6.32. The topological polar surface area (TPSA) is 96.0 Å². The number of hydrogen-bond donors (Lipinski definition) is 1. The van der Waals surface area contributed by atoms with Crippen molar-refractivity contribution in [3.63, 3.8) is 0 Å². The molecule has 3 rings (SSSR count). The zero-order valence-corrected chi connectivity index (χ0v) is 17.3. The average Bonchev–Trinajstić information content (AvgIpc) is 2.78. The first-order valence-electron chi connectivity index (χ1n) is 9.14. The molecule has 0 spiro atoms. The summed E-state index contributed by atoms with van der Waals surface area (Å²) in [6.45, 7) is -0.482. The van der Waals surface area contributed by atoms with Crippen molar-refractivity contribution in [3.05, 3.63) is 71.9 Å². The van der Waals surface area contributed by atoms with Gasteiger partial charge in [-0.05, 0) is 36.4 Å². The van der Waals surface area contributed by atoms with E-state index in [-0.39, 0.29) is 24.1 Å². The summed E-state index contributed by atoms with van der Waals surface area (Å²) in [6, 6.07) is 16.9. The Hall–Kier alpha value is -3.78. The monoisotopic (exact) mass is 442 g/mol. The molecule has 0 bridgehead atoms. The van der Waals surface area contributed by atoms with E-state index in [1.165, 1.54) is 13.2 Å². The first-order valence-corrected chi connectivity index (χ1v) is 9.52. The molecule has 0 atom stereocenters. The summed E-state index contributed by atoms with van der Waals surface area (Å²) in [5.74, 6) is 0.842. The number of benzene rings is 2. The molecule has 2 aromatic carbocycles. The SMILES string of the molecule is COC(=O)COc1ccc(NC(=O)COc2cccc(Oc3ccccn3)c2)cc1Cl. The second kappa shape index (κ2) is 10.8. The van der Waals surface area contributed by atoms with Crippen molar-refractivity contribution in [2.24, 2.45) is 0 Å². The van der Waals surface area contributed by atoms with Crippen molar-refractivity contribution in [3.8, 4) is 23.1 Å². The number of nitrogens with zero attached hydrogens (tertiary/aromatic N) is 1. The third-order valence-electron chi connectivity index (χ3n) is 3.82. The Labute approximate surface area is 183 Å². The molecule has 9 heteroatoms. The second-order valence-electron chi connectivity index (χ2n) is 6.09. The van der Waals surface area contributed by atoms with Gasteiger partial charge in [-0.15, -0.1) is 0 Å². The van der Waals surface area contributed by atoms with Gasteiger partial charge in [-0.25, -0.2) is 9.78 Å². The van der Waals surface area contributed by atoms with Gasteiger partial charge in [0.1, 0.15) is 17.2 Å². The number of ether oxygens (including phenoxy) is 4. The molecule has 160 valence electrons. The molecule has 1 heterocycles. The lowest BCUT2D eigenvalue weighted by Crippen LogP contribution is -2.20. The highest BCUT2D eigenvalue weighted by atomic mass is 35.5. The lowest BCUT2D eigenvalue weighted by molar-refractivity contribution is -0.142. The van der Waals surface area contributed by atoms with E-state index in [4.69, 9.17) is 25.8 Å². The summed E-state index contributed by atoms with van der Waals surface area (Å²) in [4.78, 5) is 27.4. The number of carbonyl (C=O) groups excluding carboxylic acids is 2. The largest absolute Gasteiger partial charge is 0.484 e. The lowest BCUT2D eigenvalue weighted by Gasteiger charge is -2.11. The predicted octanol–water partition coefficient (Wildman–Crippen LogP) is 4.10. The fourth-order valence-electron chi connectivity index (χ4n) is 2.39. The molecule has 0 saturated carbocycles. The van der Waals surface area contributed by atoms with Crippen LogP contribution in [0.2, 0.25) is 5.02 Å². The summed E-state index contributed by atoms with van der Waals surface area (Å²) in [7, 11) is 1.26. The molecule has 0 aliphatic heterocycles. The van der Waals surface area contributed by atoms with E-state index >= 15 is 0 Å². The zero-order valence-electron chi connectivity index (χ0n) is 16.5. The molecule has 1 N–H and O–H groups in total. The van der Waals surface area contributed by atoms with Crippen LogP contribution in [0.15, 0.2) is 66.9 Å². The maximum atomic E-state index is 12.2. The van der Waals surface area contributed by atoms with Gasteiger partial charge in [0.25, 0.3) is 5.91 Å². The van der Waals surface area contributed by atoms with Gasteiger partial charge in [0.2, 0.25) is 5.88 Å². The number of nitrogens with one attached hydrogen (secondary N) is 1. The van der Waals surface area contributed by atoms with Crippen LogP contribution in [0.1, 0.15) is 0 Å². The molecule has 1 amide bonds. The summed E-state index contributed by atoms with van der Waals surface area (Å²) < 4.78 is 20.9. The number of esters is 1. The van der Waals surface area contributed by atoms with Gasteiger partial charge >= 0.3 is 5.97 Å². The highest BCUT2D eigenvalue weighted by Gasteiger charge is 2.09. The number of halogens is 1. The van der Waals surface area contributed by atoms with Crippen molar-refractivity contribution in [1.82, 2.24) is 4.98 Å². The van der Waals surface area contributed by atoms with Crippen LogP contribution in [0, 0.1) is 0 Å². The van der Waals surface area contributed by atoms with Gasteiger partial charge in [0, 0.05) is 24.0 Å². The van der Waals surface area contributed by atoms with Gasteiger partial charge < -0.3 is 24.3 Å². The molecule has 8 nitrogen and oxygen atoms in total. The number of carbonyl (C=O) groups is 2. The number of anilines is 1. The van der Waals surface area contributed by atoms with Gasteiger partial charge in [0.15, 0.2) is 13.2 Å². The van der Waals surface area contributed by atoms with Gasteiger partial charge in [-0.2, -0.15) is 0 Å². The van der Waals surface area contributed by atoms with Crippen LogP contribution >= 0.6 is 11.6 Å². The Bertz CT molecular complexity index is 1050. The smallest absolute Gasteiger partial charge is 0.343 e. The Balaban J connectivity index is 1.51. The molecule has 0 saturated heterocycles. The molecular formula is C22H19ClN2O6. The number of pyridine rings is 1. The molecule has 0 aliphatic rings. The first kappa shape index (κ1) is 21.9. The third kappa shape index (κ3) is 6.90. The zero-order chi connectivity index (χ0) is 22.1. The van der Waals surface area contributed by atoms with Crippen molar-refractivity contribution in [1.29, 1.82) is 0 Å². The highest BCUT2D eigenvalue weighted by Crippen LogP contribution is 2.28. The van der Waals surface area contributed by atoms with Crippen LogP contribution in [-0.4, -0.2) is 37.2 Å².